The predicted molar refractivity (Wildman–Crippen MR) is 162 cm³/mol. The van der Waals surface area contributed by atoms with Gasteiger partial charge in [0.15, 0.2) is 6.29 Å². The molecule has 0 amide bonds. The van der Waals surface area contributed by atoms with E-state index >= 15 is 0 Å². The van der Waals surface area contributed by atoms with Gasteiger partial charge in [0.25, 0.3) is 0 Å². The van der Waals surface area contributed by atoms with Gasteiger partial charge in [-0.3, -0.25) is 0 Å². The van der Waals surface area contributed by atoms with Crippen LogP contribution in [0.25, 0.3) is 0 Å². The molecule has 0 aliphatic carbocycles. The van der Waals surface area contributed by atoms with Gasteiger partial charge in [0.05, 0.1) is 32.0 Å². The smallest absolute Gasteiger partial charge is 0.330 e. The maximum Gasteiger partial charge on any atom is 0.330 e. The number of rotatable bonds is 21. The third kappa shape index (κ3) is 13.3. The molecule has 238 valence electrons. The van der Waals surface area contributed by atoms with Crippen molar-refractivity contribution in [2.24, 2.45) is 0 Å². The van der Waals surface area contributed by atoms with Crippen molar-refractivity contribution in [3.8, 4) is 11.5 Å². The van der Waals surface area contributed by atoms with Crippen molar-refractivity contribution < 1.29 is 48.5 Å². The van der Waals surface area contributed by atoms with Gasteiger partial charge in [-0.25, -0.2) is 4.79 Å². The van der Waals surface area contributed by atoms with E-state index in [0.29, 0.717) is 24.7 Å². The highest BCUT2D eigenvalue weighted by Crippen LogP contribution is 2.33. The van der Waals surface area contributed by atoms with E-state index in [1.807, 2.05) is 62.4 Å². The predicted octanol–water partition coefficient (Wildman–Crippen LogP) is 3.55. The fraction of sp³-hybridized carbons (Fsp3) is 0.485. The molecule has 2 aromatic carbocycles. The Bertz CT molecular complexity index is 1100. The van der Waals surface area contributed by atoms with E-state index in [9.17, 15) is 20.1 Å². The normalized spacial score (nSPS) is 15.0. The fourth-order valence-electron chi connectivity index (χ4n) is 3.79. The monoisotopic (exact) mass is 602 g/mol. The van der Waals surface area contributed by atoms with Crippen LogP contribution in [-0.4, -0.2) is 91.6 Å². The molecule has 0 saturated heterocycles. The summed E-state index contributed by atoms with van der Waals surface area (Å²) in [6.07, 6.45) is -1.18. The molecule has 0 aliphatic rings. The van der Waals surface area contributed by atoms with Gasteiger partial charge < -0.3 is 43.7 Å². The minimum Gasteiger partial charge on any atom is -0.491 e. The summed E-state index contributed by atoms with van der Waals surface area (Å²) in [5.41, 5.74) is 1.95. The molecule has 0 heterocycles. The first kappa shape index (κ1) is 35.9. The average Bonchev–Trinajstić information content (AvgIpc) is 3.02. The zero-order valence-electron chi connectivity index (χ0n) is 25.5. The van der Waals surface area contributed by atoms with Gasteiger partial charge in [0.1, 0.15) is 43.5 Å². The van der Waals surface area contributed by atoms with Gasteiger partial charge in [-0.2, -0.15) is 0 Å². The molecule has 10 heteroatoms. The molecule has 0 spiro atoms. The molecule has 5 unspecified atom stereocenters. The zero-order chi connectivity index (χ0) is 31.8. The molecule has 10 nitrogen and oxygen atoms in total. The van der Waals surface area contributed by atoms with Crippen molar-refractivity contribution in [2.45, 2.75) is 63.8 Å². The highest BCUT2D eigenvalue weighted by atomic mass is 16.6. The summed E-state index contributed by atoms with van der Waals surface area (Å²) in [5.74, 6) is 0.813. The van der Waals surface area contributed by atoms with Crippen LogP contribution in [-0.2, 0) is 29.2 Å². The topological polar surface area (TPSA) is 133 Å². The molecule has 2 aromatic rings. The van der Waals surface area contributed by atoms with E-state index in [0.717, 1.165) is 17.2 Å². The summed E-state index contributed by atoms with van der Waals surface area (Å²) >= 11 is 0. The van der Waals surface area contributed by atoms with Crippen LogP contribution in [0.4, 0.5) is 0 Å². The first-order chi connectivity index (χ1) is 20.4. The summed E-state index contributed by atoms with van der Waals surface area (Å²) < 4.78 is 32.6. The van der Waals surface area contributed by atoms with E-state index in [1.165, 1.54) is 6.08 Å². The second-order valence-corrected chi connectivity index (χ2v) is 10.7. The van der Waals surface area contributed by atoms with Crippen molar-refractivity contribution >= 4 is 5.97 Å². The zero-order valence-corrected chi connectivity index (χ0v) is 25.5. The van der Waals surface area contributed by atoms with Crippen LogP contribution in [0.1, 0.15) is 38.8 Å². The third-order valence-electron chi connectivity index (χ3n) is 6.51. The lowest BCUT2D eigenvalue weighted by Crippen LogP contribution is -2.28. The maximum atomic E-state index is 11.1. The largest absolute Gasteiger partial charge is 0.491 e. The maximum absolute atomic E-state index is 11.1. The number of carbonyl (C=O) groups is 1. The van der Waals surface area contributed by atoms with Crippen molar-refractivity contribution in [1.82, 2.24) is 0 Å². The molecule has 0 saturated carbocycles. The van der Waals surface area contributed by atoms with E-state index in [4.69, 9.17) is 28.4 Å². The lowest BCUT2D eigenvalue weighted by molar-refractivity contribution is -0.142. The minimum atomic E-state index is -1.12. The highest BCUT2D eigenvalue weighted by molar-refractivity contribution is 5.81. The SMILES string of the molecule is C=CC(=O)OCC(O)COC(C)COc1ccc(C(C)(C)c2ccc(OCC(C)OCC(O)COC(O)C=C)cc2)cc1. The van der Waals surface area contributed by atoms with E-state index in [-0.39, 0.29) is 44.1 Å². The Balaban J connectivity index is 1.78. The molecule has 2 rings (SSSR count). The number of benzene rings is 2. The molecule has 3 N–H and O–H groups in total. The Hall–Kier alpha value is -3.25. The Kier molecular flexibility index (Phi) is 15.4. The average molecular weight is 603 g/mol. The van der Waals surface area contributed by atoms with Gasteiger partial charge in [-0.1, -0.05) is 51.3 Å². The summed E-state index contributed by atoms with van der Waals surface area (Å²) in [6.45, 7) is 15.1. The summed E-state index contributed by atoms with van der Waals surface area (Å²) in [4.78, 5) is 11.1. The molecule has 0 radical (unpaired) electrons. The summed E-state index contributed by atoms with van der Waals surface area (Å²) in [5, 5.41) is 29.0. The minimum absolute atomic E-state index is 0.0157. The van der Waals surface area contributed by atoms with Crippen molar-refractivity contribution in [1.29, 1.82) is 0 Å². The van der Waals surface area contributed by atoms with Gasteiger partial charge in [-0.15, -0.1) is 0 Å². The molecule has 43 heavy (non-hydrogen) atoms. The number of aliphatic hydroxyl groups is 3. The van der Waals surface area contributed by atoms with Crippen LogP contribution in [0.15, 0.2) is 73.8 Å². The van der Waals surface area contributed by atoms with Crippen molar-refractivity contribution in [3.05, 3.63) is 85.0 Å². The second kappa shape index (κ2) is 18.4. The molecule has 0 bridgehead atoms. The Morgan fingerprint density at radius 2 is 1.14 bits per heavy atom. The van der Waals surface area contributed by atoms with Crippen LogP contribution in [0, 0.1) is 0 Å². The molecule has 0 aromatic heterocycles. The van der Waals surface area contributed by atoms with E-state index < -0.39 is 24.5 Å². The number of hydrogen-bond donors (Lipinski definition) is 3. The first-order valence-corrected chi connectivity index (χ1v) is 14.2. The van der Waals surface area contributed by atoms with Crippen molar-refractivity contribution in [3.63, 3.8) is 0 Å². The van der Waals surface area contributed by atoms with E-state index in [2.05, 4.69) is 27.0 Å². The highest BCUT2D eigenvalue weighted by Gasteiger charge is 2.23. The lowest BCUT2D eigenvalue weighted by Gasteiger charge is -2.27. The Morgan fingerprint density at radius 1 is 0.721 bits per heavy atom. The van der Waals surface area contributed by atoms with Crippen LogP contribution < -0.4 is 9.47 Å². The number of aliphatic hydroxyl groups excluding tert-OH is 3. The number of hydrogen-bond acceptors (Lipinski definition) is 10. The van der Waals surface area contributed by atoms with E-state index in [1.54, 1.807) is 0 Å². The third-order valence-corrected chi connectivity index (χ3v) is 6.51. The van der Waals surface area contributed by atoms with Crippen LogP contribution >= 0.6 is 0 Å². The first-order valence-electron chi connectivity index (χ1n) is 14.2. The molecule has 5 atom stereocenters. The molecule has 0 fully saturated rings. The fourth-order valence-corrected chi connectivity index (χ4v) is 3.79. The van der Waals surface area contributed by atoms with Crippen molar-refractivity contribution in [2.75, 3.05) is 39.6 Å². The van der Waals surface area contributed by atoms with Crippen LogP contribution in [0.2, 0.25) is 0 Å². The quantitative estimate of drug-likeness (QED) is 0.0843. The van der Waals surface area contributed by atoms with Gasteiger partial charge in [0.2, 0.25) is 0 Å². The summed E-state index contributed by atoms with van der Waals surface area (Å²) in [7, 11) is 0. The van der Waals surface area contributed by atoms with Gasteiger partial charge >= 0.3 is 5.97 Å². The second-order valence-electron chi connectivity index (χ2n) is 10.7. The lowest BCUT2D eigenvalue weighted by atomic mass is 9.78. The van der Waals surface area contributed by atoms with Gasteiger partial charge in [0, 0.05) is 11.5 Å². The number of esters is 1. The summed E-state index contributed by atoms with van der Waals surface area (Å²) in [6, 6.07) is 15.8. The van der Waals surface area contributed by atoms with Crippen LogP contribution in [0.5, 0.6) is 11.5 Å². The molecular weight excluding hydrogens is 556 g/mol. The van der Waals surface area contributed by atoms with Gasteiger partial charge in [-0.05, 0) is 55.3 Å². The van der Waals surface area contributed by atoms with Crippen LogP contribution in [0.3, 0.4) is 0 Å². The Morgan fingerprint density at radius 3 is 1.56 bits per heavy atom. The Labute approximate surface area is 254 Å². The standard InChI is InChI=1S/C33H46O10/c1-7-31(36)42-21-27(34)19-38-23(3)17-40-29-13-9-25(10-14-29)33(5,6)26-11-15-30(16-12-26)41-18-24(4)39-20-28(35)22-43-32(37)8-2/h7-16,23-24,27-28,31,34-36H,1-2,17-22H2,3-6H3. The number of ether oxygens (including phenoxy) is 6. The number of carbonyl (C=O) groups excluding carboxylic acids is 1. The molecule has 0 aliphatic heterocycles. The molecular formula is C33H46O10.